The zero-order chi connectivity index (χ0) is 11.3. The Bertz CT molecular complexity index is 324. The Morgan fingerprint density at radius 3 is 2.53 bits per heavy atom. The second-order valence-electron chi connectivity index (χ2n) is 3.28. The van der Waals surface area contributed by atoms with E-state index in [-0.39, 0.29) is 11.9 Å². The highest BCUT2D eigenvalue weighted by atomic mass is 32.1. The van der Waals surface area contributed by atoms with Crippen LogP contribution in [0.3, 0.4) is 0 Å². The summed E-state index contributed by atoms with van der Waals surface area (Å²) in [6, 6.07) is 6.48. The monoisotopic (exact) mass is 226 g/mol. The van der Waals surface area contributed by atoms with Gasteiger partial charge in [-0.15, -0.1) is 0 Å². The molecule has 1 aromatic carbocycles. The first kappa shape index (κ1) is 11.9. The number of hydrogen-bond acceptors (Lipinski definition) is 1. The van der Waals surface area contributed by atoms with Crippen molar-refractivity contribution >= 4 is 17.3 Å². The highest BCUT2D eigenvalue weighted by Gasteiger charge is 2.05. The summed E-state index contributed by atoms with van der Waals surface area (Å²) in [5.41, 5.74) is 1.01. The lowest BCUT2D eigenvalue weighted by Crippen LogP contribution is -2.36. The number of nitrogens with one attached hydrogen (secondary N) is 2. The smallest absolute Gasteiger partial charge is 0.166 e. The van der Waals surface area contributed by atoms with Crippen molar-refractivity contribution in [2.75, 3.05) is 6.54 Å². The van der Waals surface area contributed by atoms with Crippen LogP contribution in [0.5, 0.6) is 0 Å². The maximum absolute atomic E-state index is 12.7. The third kappa shape index (κ3) is 3.83. The summed E-state index contributed by atoms with van der Waals surface area (Å²) in [7, 11) is 0. The average molecular weight is 226 g/mol. The van der Waals surface area contributed by atoms with Gasteiger partial charge >= 0.3 is 0 Å². The molecule has 1 atom stereocenters. The van der Waals surface area contributed by atoms with E-state index in [0.717, 1.165) is 12.1 Å². The molecular weight excluding hydrogens is 211 g/mol. The Morgan fingerprint density at radius 2 is 2.00 bits per heavy atom. The molecule has 4 heteroatoms. The molecule has 15 heavy (non-hydrogen) atoms. The van der Waals surface area contributed by atoms with Gasteiger partial charge in [0, 0.05) is 6.54 Å². The first-order valence-corrected chi connectivity index (χ1v) is 5.34. The molecule has 0 aromatic heterocycles. The summed E-state index contributed by atoms with van der Waals surface area (Å²) in [6.45, 7) is 4.76. The van der Waals surface area contributed by atoms with Crippen molar-refractivity contribution in [2.45, 2.75) is 19.9 Å². The van der Waals surface area contributed by atoms with E-state index in [0.29, 0.717) is 5.11 Å². The van der Waals surface area contributed by atoms with Crippen LogP contribution in [-0.4, -0.2) is 11.7 Å². The molecule has 0 saturated carbocycles. The SMILES string of the molecule is CCNC(=S)NC(C)c1ccc(F)cc1. The third-order valence-electron chi connectivity index (χ3n) is 2.05. The predicted octanol–water partition coefficient (Wildman–Crippen LogP) is 2.37. The fourth-order valence-electron chi connectivity index (χ4n) is 1.24. The van der Waals surface area contributed by atoms with Gasteiger partial charge in [-0.3, -0.25) is 0 Å². The summed E-state index contributed by atoms with van der Waals surface area (Å²) < 4.78 is 12.7. The fourth-order valence-corrected chi connectivity index (χ4v) is 1.56. The Labute approximate surface area is 94.9 Å². The van der Waals surface area contributed by atoms with Crippen LogP contribution in [0.2, 0.25) is 0 Å². The van der Waals surface area contributed by atoms with E-state index in [1.165, 1.54) is 12.1 Å². The van der Waals surface area contributed by atoms with Crippen LogP contribution in [0.1, 0.15) is 25.5 Å². The molecule has 82 valence electrons. The Kier molecular flexibility index (Phi) is 4.49. The quantitative estimate of drug-likeness (QED) is 0.774. The molecule has 2 nitrogen and oxygen atoms in total. The lowest BCUT2D eigenvalue weighted by molar-refractivity contribution is 0.624. The van der Waals surface area contributed by atoms with Gasteiger partial charge in [0.05, 0.1) is 6.04 Å². The van der Waals surface area contributed by atoms with Gasteiger partial charge in [0.2, 0.25) is 0 Å². The largest absolute Gasteiger partial charge is 0.363 e. The van der Waals surface area contributed by atoms with Crippen molar-refractivity contribution in [3.8, 4) is 0 Å². The first-order chi connectivity index (χ1) is 7.13. The van der Waals surface area contributed by atoms with E-state index in [9.17, 15) is 4.39 Å². The number of benzene rings is 1. The van der Waals surface area contributed by atoms with Gasteiger partial charge in [-0.25, -0.2) is 4.39 Å². The van der Waals surface area contributed by atoms with Crippen LogP contribution < -0.4 is 10.6 Å². The van der Waals surface area contributed by atoms with Crippen molar-refractivity contribution in [3.63, 3.8) is 0 Å². The lowest BCUT2D eigenvalue weighted by atomic mass is 10.1. The average Bonchev–Trinajstić information content (AvgIpc) is 2.18. The van der Waals surface area contributed by atoms with E-state index >= 15 is 0 Å². The summed E-state index contributed by atoms with van der Waals surface area (Å²) in [5.74, 6) is -0.222. The molecule has 0 fully saturated rings. The van der Waals surface area contributed by atoms with E-state index in [1.54, 1.807) is 12.1 Å². The topological polar surface area (TPSA) is 24.1 Å². The highest BCUT2D eigenvalue weighted by molar-refractivity contribution is 7.80. The maximum atomic E-state index is 12.7. The molecule has 0 amide bonds. The van der Waals surface area contributed by atoms with E-state index in [2.05, 4.69) is 10.6 Å². The molecule has 1 aromatic rings. The van der Waals surface area contributed by atoms with Gasteiger partial charge in [0.1, 0.15) is 5.82 Å². The molecule has 1 rings (SSSR count). The number of rotatable bonds is 3. The van der Waals surface area contributed by atoms with Crippen molar-refractivity contribution in [2.24, 2.45) is 0 Å². The van der Waals surface area contributed by atoms with Gasteiger partial charge in [-0.05, 0) is 43.8 Å². The fraction of sp³-hybridized carbons (Fsp3) is 0.364. The minimum atomic E-state index is -0.222. The van der Waals surface area contributed by atoms with Crippen molar-refractivity contribution in [3.05, 3.63) is 35.6 Å². The second kappa shape index (κ2) is 5.66. The van der Waals surface area contributed by atoms with Gasteiger partial charge in [0.25, 0.3) is 0 Å². The molecule has 0 saturated heterocycles. The molecule has 0 aliphatic heterocycles. The zero-order valence-electron chi connectivity index (χ0n) is 8.88. The van der Waals surface area contributed by atoms with Crippen LogP contribution >= 0.6 is 12.2 Å². The minimum absolute atomic E-state index is 0.0807. The van der Waals surface area contributed by atoms with E-state index in [4.69, 9.17) is 12.2 Å². The van der Waals surface area contributed by atoms with Gasteiger partial charge < -0.3 is 10.6 Å². The van der Waals surface area contributed by atoms with Crippen LogP contribution in [0.25, 0.3) is 0 Å². The molecule has 0 aliphatic rings. The molecular formula is C11H15FN2S. The normalized spacial score (nSPS) is 11.9. The van der Waals surface area contributed by atoms with Gasteiger partial charge in [-0.1, -0.05) is 12.1 Å². The van der Waals surface area contributed by atoms with Crippen molar-refractivity contribution in [1.82, 2.24) is 10.6 Å². The molecule has 0 heterocycles. The minimum Gasteiger partial charge on any atom is -0.363 e. The number of halogens is 1. The van der Waals surface area contributed by atoms with Gasteiger partial charge in [-0.2, -0.15) is 0 Å². The zero-order valence-corrected chi connectivity index (χ0v) is 9.70. The lowest BCUT2D eigenvalue weighted by Gasteiger charge is -2.16. The van der Waals surface area contributed by atoms with Crippen LogP contribution in [-0.2, 0) is 0 Å². The number of thiocarbonyl (C=S) groups is 1. The van der Waals surface area contributed by atoms with Crippen molar-refractivity contribution < 1.29 is 4.39 Å². The highest BCUT2D eigenvalue weighted by Crippen LogP contribution is 2.12. The summed E-state index contributed by atoms with van der Waals surface area (Å²) in [4.78, 5) is 0. The number of hydrogen-bond donors (Lipinski definition) is 2. The standard InChI is InChI=1S/C11H15FN2S/c1-3-13-11(15)14-8(2)9-4-6-10(12)7-5-9/h4-8H,3H2,1-2H3,(H2,13,14,15). The third-order valence-corrected chi connectivity index (χ3v) is 2.32. The summed E-state index contributed by atoms with van der Waals surface area (Å²) in [5, 5.41) is 6.74. The molecule has 0 radical (unpaired) electrons. The van der Waals surface area contributed by atoms with Gasteiger partial charge in [0.15, 0.2) is 5.11 Å². The Morgan fingerprint density at radius 1 is 1.40 bits per heavy atom. The van der Waals surface area contributed by atoms with Crippen molar-refractivity contribution in [1.29, 1.82) is 0 Å². The Balaban J connectivity index is 2.57. The summed E-state index contributed by atoms with van der Waals surface area (Å²) in [6.07, 6.45) is 0. The van der Waals surface area contributed by atoms with Crippen LogP contribution in [0.15, 0.2) is 24.3 Å². The molecule has 0 bridgehead atoms. The molecule has 0 aliphatic carbocycles. The Hall–Kier alpha value is -1.16. The molecule has 1 unspecified atom stereocenters. The van der Waals surface area contributed by atoms with E-state index in [1.807, 2.05) is 13.8 Å². The maximum Gasteiger partial charge on any atom is 0.166 e. The first-order valence-electron chi connectivity index (χ1n) is 4.93. The summed E-state index contributed by atoms with van der Waals surface area (Å²) >= 11 is 5.06. The van der Waals surface area contributed by atoms with Crippen LogP contribution in [0.4, 0.5) is 4.39 Å². The second-order valence-corrected chi connectivity index (χ2v) is 3.69. The van der Waals surface area contributed by atoms with Crippen LogP contribution in [0, 0.1) is 5.82 Å². The molecule has 2 N–H and O–H groups in total. The predicted molar refractivity (Wildman–Crippen MR) is 64.2 cm³/mol. The molecule has 0 spiro atoms. The van der Waals surface area contributed by atoms with E-state index < -0.39 is 0 Å².